The first-order valence-corrected chi connectivity index (χ1v) is 5.87. The van der Waals surface area contributed by atoms with Gasteiger partial charge in [-0.05, 0) is 23.8 Å². The Balaban J connectivity index is 2.49. The van der Waals surface area contributed by atoms with Gasteiger partial charge in [-0.1, -0.05) is 35.3 Å². The monoisotopic (exact) mass is 281 g/mol. The smallest absolute Gasteiger partial charge is 0.339 e. The molecule has 0 aliphatic heterocycles. The third kappa shape index (κ3) is 2.63. The lowest BCUT2D eigenvalue weighted by molar-refractivity contribution is 0.0600. The molecule has 92 valence electrons. The summed E-state index contributed by atoms with van der Waals surface area (Å²) in [7, 11) is 1.32. The van der Waals surface area contributed by atoms with Crippen LogP contribution < -0.4 is 0 Å². The fourth-order valence-electron chi connectivity index (χ4n) is 1.51. The van der Waals surface area contributed by atoms with E-state index in [1.54, 1.807) is 18.2 Å². The van der Waals surface area contributed by atoms with Gasteiger partial charge in [-0.15, -0.1) is 0 Å². The first kappa shape index (κ1) is 12.9. The van der Waals surface area contributed by atoms with E-state index in [0.29, 0.717) is 21.3 Å². The number of carbonyl (C=O) groups is 1. The van der Waals surface area contributed by atoms with Crippen molar-refractivity contribution in [2.24, 2.45) is 0 Å². The van der Waals surface area contributed by atoms with E-state index < -0.39 is 5.97 Å². The molecule has 0 spiro atoms. The second kappa shape index (κ2) is 5.38. The summed E-state index contributed by atoms with van der Waals surface area (Å²) in [6, 6.07) is 8.76. The molecule has 2 rings (SSSR count). The Morgan fingerprint density at radius 3 is 2.50 bits per heavy atom. The van der Waals surface area contributed by atoms with Crippen molar-refractivity contribution < 1.29 is 9.53 Å². The summed E-state index contributed by atoms with van der Waals surface area (Å²) >= 11 is 11.8. The van der Waals surface area contributed by atoms with Gasteiger partial charge in [-0.25, -0.2) is 9.78 Å². The number of hydrogen-bond donors (Lipinski definition) is 0. The zero-order valence-corrected chi connectivity index (χ0v) is 11.0. The van der Waals surface area contributed by atoms with E-state index in [9.17, 15) is 4.79 Å². The van der Waals surface area contributed by atoms with Crippen LogP contribution in [-0.2, 0) is 4.74 Å². The van der Waals surface area contributed by atoms with Crippen molar-refractivity contribution in [3.8, 4) is 11.1 Å². The molecule has 0 aliphatic rings. The summed E-state index contributed by atoms with van der Waals surface area (Å²) < 4.78 is 4.64. The van der Waals surface area contributed by atoms with E-state index >= 15 is 0 Å². The van der Waals surface area contributed by atoms with Gasteiger partial charge in [0.05, 0.1) is 12.7 Å². The third-order valence-corrected chi connectivity index (χ3v) is 2.97. The van der Waals surface area contributed by atoms with Gasteiger partial charge in [0, 0.05) is 16.8 Å². The number of hydrogen-bond acceptors (Lipinski definition) is 3. The molecular formula is C13H9Cl2NO2. The van der Waals surface area contributed by atoms with Crippen LogP contribution in [0.15, 0.2) is 36.5 Å². The van der Waals surface area contributed by atoms with Crippen molar-refractivity contribution in [1.82, 2.24) is 4.98 Å². The number of carbonyl (C=O) groups excluding carboxylic acids is 1. The van der Waals surface area contributed by atoms with Crippen molar-refractivity contribution in [3.05, 3.63) is 52.3 Å². The molecule has 1 heterocycles. The SMILES string of the molecule is COC(=O)c1cnc(Cl)c(-c2ccc(Cl)cc2)c1. The molecule has 1 aromatic carbocycles. The maximum absolute atomic E-state index is 11.4. The molecule has 0 unspecified atom stereocenters. The maximum atomic E-state index is 11.4. The Labute approximate surface area is 114 Å². The van der Waals surface area contributed by atoms with E-state index in [1.165, 1.54) is 13.3 Å². The number of nitrogens with zero attached hydrogens (tertiary/aromatic N) is 1. The molecule has 18 heavy (non-hydrogen) atoms. The maximum Gasteiger partial charge on any atom is 0.339 e. The number of benzene rings is 1. The van der Waals surface area contributed by atoms with E-state index in [1.807, 2.05) is 12.1 Å². The highest BCUT2D eigenvalue weighted by atomic mass is 35.5. The number of ether oxygens (including phenoxy) is 1. The van der Waals surface area contributed by atoms with Crippen LogP contribution in [0.3, 0.4) is 0 Å². The normalized spacial score (nSPS) is 10.2. The minimum atomic E-state index is -0.450. The summed E-state index contributed by atoms with van der Waals surface area (Å²) in [4.78, 5) is 15.4. The molecule has 0 bridgehead atoms. The molecule has 0 amide bonds. The van der Waals surface area contributed by atoms with Gasteiger partial charge in [0.25, 0.3) is 0 Å². The zero-order valence-electron chi connectivity index (χ0n) is 9.48. The summed E-state index contributed by atoms with van der Waals surface area (Å²) in [5.41, 5.74) is 1.85. The summed E-state index contributed by atoms with van der Waals surface area (Å²) in [5.74, 6) is -0.450. The average Bonchev–Trinajstić information content (AvgIpc) is 2.39. The van der Waals surface area contributed by atoms with Gasteiger partial charge < -0.3 is 4.74 Å². The Bertz CT molecular complexity index is 582. The van der Waals surface area contributed by atoms with E-state index in [0.717, 1.165) is 5.56 Å². The van der Waals surface area contributed by atoms with E-state index in [-0.39, 0.29) is 0 Å². The Morgan fingerprint density at radius 2 is 1.89 bits per heavy atom. The number of halogens is 2. The van der Waals surface area contributed by atoms with Gasteiger partial charge in [0.15, 0.2) is 0 Å². The lowest BCUT2D eigenvalue weighted by Crippen LogP contribution is -2.02. The van der Waals surface area contributed by atoms with Crippen molar-refractivity contribution in [2.45, 2.75) is 0 Å². The Kier molecular flexibility index (Phi) is 3.84. The van der Waals surface area contributed by atoms with Gasteiger partial charge in [-0.3, -0.25) is 0 Å². The average molecular weight is 282 g/mol. The van der Waals surface area contributed by atoms with Crippen LogP contribution >= 0.6 is 23.2 Å². The van der Waals surface area contributed by atoms with Gasteiger partial charge in [0.2, 0.25) is 0 Å². The molecule has 2 aromatic rings. The first-order valence-electron chi connectivity index (χ1n) is 5.11. The highest BCUT2D eigenvalue weighted by Crippen LogP contribution is 2.28. The van der Waals surface area contributed by atoms with E-state index in [2.05, 4.69) is 9.72 Å². The summed E-state index contributed by atoms with van der Waals surface area (Å²) in [5, 5.41) is 0.955. The second-order valence-electron chi connectivity index (χ2n) is 3.56. The van der Waals surface area contributed by atoms with Gasteiger partial charge >= 0.3 is 5.97 Å². The topological polar surface area (TPSA) is 39.2 Å². The summed E-state index contributed by atoms with van der Waals surface area (Å²) in [6.07, 6.45) is 1.38. The molecule has 5 heteroatoms. The predicted molar refractivity (Wildman–Crippen MR) is 71.0 cm³/mol. The van der Waals surface area contributed by atoms with Crippen molar-refractivity contribution in [3.63, 3.8) is 0 Å². The largest absolute Gasteiger partial charge is 0.465 e. The molecule has 3 nitrogen and oxygen atoms in total. The standard InChI is InChI=1S/C13H9Cl2NO2/c1-18-13(17)9-6-11(12(15)16-7-9)8-2-4-10(14)5-3-8/h2-7H,1H3. The summed E-state index contributed by atoms with van der Waals surface area (Å²) in [6.45, 7) is 0. The van der Waals surface area contributed by atoms with Crippen molar-refractivity contribution in [1.29, 1.82) is 0 Å². The number of methoxy groups -OCH3 is 1. The zero-order chi connectivity index (χ0) is 13.1. The number of rotatable bonds is 2. The Hall–Kier alpha value is -1.58. The Morgan fingerprint density at radius 1 is 1.22 bits per heavy atom. The first-order chi connectivity index (χ1) is 8.61. The molecule has 0 saturated carbocycles. The molecule has 1 aromatic heterocycles. The van der Waals surface area contributed by atoms with Crippen LogP contribution in [0.1, 0.15) is 10.4 Å². The molecule has 0 saturated heterocycles. The molecule has 0 N–H and O–H groups in total. The van der Waals surface area contributed by atoms with Crippen LogP contribution in [-0.4, -0.2) is 18.1 Å². The molecule has 0 radical (unpaired) electrons. The fourth-order valence-corrected chi connectivity index (χ4v) is 1.85. The molecule has 0 aliphatic carbocycles. The third-order valence-electron chi connectivity index (χ3n) is 2.42. The van der Waals surface area contributed by atoms with Crippen LogP contribution in [0.25, 0.3) is 11.1 Å². The van der Waals surface area contributed by atoms with Crippen molar-refractivity contribution in [2.75, 3.05) is 7.11 Å². The quantitative estimate of drug-likeness (QED) is 0.620. The minimum Gasteiger partial charge on any atom is -0.465 e. The van der Waals surface area contributed by atoms with Crippen LogP contribution in [0, 0.1) is 0 Å². The van der Waals surface area contributed by atoms with Crippen LogP contribution in [0.2, 0.25) is 10.2 Å². The van der Waals surface area contributed by atoms with Crippen molar-refractivity contribution >= 4 is 29.2 Å². The van der Waals surface area contributed by atoms with Gasteiger partial charge in [-0.2, -0.15) is 0 Å². The number of esters is 1. The minimum absolute atomic E-state index is 0.324. The molecular weight excluding hydrogens is 273 g/mol. The number of aromatic nitrogens is 1. The predicted octanol–water partition coefficient (Wildman–Crippen LogP) is 3.84. The number of pyridine rings is 1. The molecule has 0 fully saturated rings. The van der Waals surface area contributed by atoms with Crippen LogP contribution in [0.5, 0.6) is 0 Å². The lowest BCUT2D eigenvalue weighted by atomic mass is 10.1. The van der Waals surface area contributed by atoms with Crippen LogP contribution in [0.4, 0.5) is 0 Å². The van der Waals surface area contributed by atoms with E-state index in [4.69, 9.17) is 23.2 Å². The van der Waals surface area contributed by atoms with Gasteiger partial charge in [0.1, 0.15) is 5.15 Å². The highest BCUT2D eigenvalue weighted by molar-refractivity contribution is 6.32. The second-order valence-corrected chi connectivity index (χ2v) is 4.36. The highest BCUT2D eigenvalue weighted by Gasteiger charge is 2.11. The fraction of sp³-hybridized carbons (Fsp3) is 0.0769. The lowest BCUT2D eigenvalue weighted by Gasteiger charge is -2.06. The molecule has 0 atom stereocenters.